The van der Waals surface area contributed by atoms with Crippen LogP contribution in [0.2, 0.25) is 0 Å². The molecule has 2 aromatic heterocycles. The van der Waals surface area contributed by atoms with E-state index in [0.717, 1.165) is 35.6 Å². The molecule has 0 aliphatic heterocycles. The minimum absolute atomic E-state index is 0.0522. The summed E-state index contributed by atoms with van der Waals surface area (Å²) in [6.45, 7) is 2.15. The summed E-state index contributed by atoms with van der Waals surface area (Å²) in [6.07, 6.45) is 10.2. The molecule has 0 bridgehead atoms. The van der Waals surface area contributed by atoms with E-state index in [2.05, 4.69) is 30.1 Å². The van der Waals surface area contributed by atoms with Crippen molar-refractivity contribution in [1.82, 2.24) is 14.0 Å². The van der Waals surface area contributed by atoms with Crippen molar-refractivity contribution < 1.29 is 4.74 Å². The van der Waals surface area contributed by atoms with Gasteiger partial charge in [-0.25, -0.2) is 4.98 Å². The lowest BCUT2D eigenvalue weighted by Gasteiger charge is -2.18. The fourth-order valence-electron chi connectivity index (χ4n) is 3.58. The van der Waals surface area contributed by atoms with Gasteiger partial charge in [0.2, 0.25) is 0 Å². The second kappa shape index (κ2) is 7.19. The highest BCUT2D eigenvalue weighted by atomic mass is 32.2. The first-order chi connectivity index (χ1) is 12.7. The van der Waals surface area contributed by atoms with Gasteiger partial charge in [-0.2, -0.15) is 0 Å². The Kier molecular flexibility index (Phi) is 4.76. The molecule has 1 aliphatic carbocycles. The van der Waals surface area contributed by atoms with E-state index in [4.69, 9.17) is 4.74 Å². The second-order valence-electron chi connectivity index (χ2n) is 6.69. The van der Waals surface area contributed by atoms with Crippen molar-refractivity contribution in [1.29, 1.82) is 0 Å². The number of benzene rings is 1. The first kappa shape index (κ1) is 17.2. The Labute approximate surface area is 157 Å². The van der Waals surface area contributed by atoms with E-state index in [0.29, 0.717) is 5.52 Å². The Morgan fingerprint density at radius 1 is 1.31 bits per heavy atom. The van der Waals surface area contributed by atoms with Crippen LogP contribution in [-0.4, -0.2) is 25.8 Å². The molecule has 1 aromatic carbocycles. The Bertz CT molecular complexity index is 986. The van der Waals surface area contributed by atoms with E-state index in [1.807, 2.05) is 10.6 Å². The minimum atomic E-state index is -0.0522. The van der Waals surface area contributed by atoms with Gasteiger partial charge in [0, 0.05) is 23.7 Å². The zero-order valence-electron chi connectivity index (χ0n) is 15.1. The quantitative estimate of drug-likeness (QED) is 0.635. The molecule has 0 unspecified atom stereocenters. The molecule has 0 spiro atoms. The van der Waals surface area contributed by atoms with Crippen molar-refractivity contribution in [2.45, 2.75) is 43.6 Å². The summed E-state index contributed by atoms with van der Waals surface area (Å²) in [5.41, 5.74) is 2.45. The first-order valence-corrected chi connectivity index (χ1v) is 10.1. The maximum atomic E-state index is 12.4. The van der Waals surface area contributed by atoms with E-state index in [1.54, 1.807) is 35.9 Å². The monoisotopic (exact) mass is 369 g/mol. The summed E-state index contributed by atoms with van der Waals surface area (Å²) >= 11 is 1.80. The summed E-state index contributed by atoms with van der Waals surface area (Å²) in [5.74, 6) is 1.89. The molecular weight excluding hydrogens is 346 g/mol. The fourth-order valence-corrected chi connectivity index (χ4v) is 4.28. The number of aromatic nitrogens is 3. The predicted octanol–water partition coefficient (Wildman–Crippen LogP) is 4.13. The van der Waals surface area contributed by atoms with Gasteiger partial charge in [-0.05, 0) is 49.6 Å². The number of imidazole rings is 1. The van der Waals surface area contributed by atoms with Gasteiger partial charge in [0.05, 0.1) is 24.3 Å². The molecule has 4 rings (SSSR count). The van der Waals surface area contributed by atoms with Crippen LogP contribution in [0.1, 0.15) is 32.6 Å². The number of rotatable bonds is 5. The molecule has 1 fully saturated rings. The minimum Gasteiger partial charge on any atom is -0.490 e. The molecule has 0 atom stereocenters. The first-order valence-electron chi connectivity index (χ1n) is 9.13. The highest BCUT2D eigenvalue weighted by Crippen LogP contribution is 2.36. The molecule has 2 heterocycles. The number of aryl methyl sites for hydroxylation is 1. The lowest BCUT2D eigenvalue weighted by Crippen LogP contribution is -2.19. The Hall–Kier alpha value is -2.21. The van der Waals surface area contributed by atoms with Crippen LogP contribution in [-0.2, 0) is 7.05 Å². The Morgan fingerprint density at radius 2 is 2.12 bits per heavy atom. The third-order valence-electron chi connectivity index (χ3n) is 4.89. The average molecular weight is 369 g/mol. The van der Waals surface area contributed by atoms with Gasteiger partial charge < -0.3 is 9.30 Å². The van der Waals surface area contributed by atoms with Crippen LogP contribution in [0.5, 0.6) is 5.75 Å². The molecule has 1 saturated carbocycles. The van der Waals surface area contributed by atoms with Crippen LogP contribution in [0.3, 0.4) is 0 Å². The number of ether oxygens (including phenoxy) is 1. The molecular formula is C20H23N3O2S. The van der Waals surface area contributed by atoms with Gasteiger partial charge in [-0.3, -0.25) is 9.20 Å². The van der Waals surface area contributed by atoms with Crippen LogP contribution in [0.25, 0.3) is 16.8 Å². The van der Waals surface area contributed by atoms with Crippen molar-refractivity contribution in [3.63, 3.8) is 0 Å². The SMILES string of the molecule is CCSc1ccc(OC2CCCC2)c(-c2cn(C)c(=O)c3cncn23)c1. The maximum absolute atomic E-state index is 12.4. The van der Waals surface area contributed by atoms with Crippen molar-refractivity contribution >= 4 is 17.3 Å². The topological polar surface area (TPSA) is 48.5 Å². The average Bonchev–Trinajstić information content (AvgIpc) is 3.31. The normalized spacial score (nSPS) is 15.0. The Morgan fingerprint density at radius 3 is 2.88 bits per heavy atom. The molecule has 1 aliphatic rings. The van der Waals surface area contributed by atoms with E-state index >= 15 is 0 Å². The summed E-state index contributed by atoms with van der Waals surface area (Å²) < 4.78 is 9.84. The zero-order valence-corrected chi connectivity index (χ0v) is 16.0. The molecule has 26 heavy (non-hydrogen) atoms. The van der Waals surface area contributed by atoms with Gasteiger partial charge in [0.25, 0.3) is 5.56 Å². The summed E-state index contributed by atoms with van der Waals surface area (Å²) in [5, 5.41) is 0. The highest BCUT2D eigenvalue weighted by Gasteiger charge is 2.20. The lowest BCUT2D eigenvalue weighted by molar-refractivity contribution is 0.211. The largest absolute Gasteiger partial charge is 0.490 e. The Balaban J connectivity index is 1.88. The molecule has 0 N–H and O–H groups in total. The summed E-state index contributed by atoms with van der Waals surface area (Å²) in [6, 6.07) is 6.35. The maximum Gasteiger partial charge on any atom is 0.276 e. The summed E-state index contributed by atoms with van der Waals surface area (Å²) in [4.78, 5) is 17.8. The second-order valence-corrected chi connectivity index (χ2v) is 8.03. The standard InChI is InChI=1S/C20H23N3O2S/c1-3-26-15-8-9-19(25-14-6-4-5-7-14)16(10-15)18-12-22(2)20(24)17-11-21-13-23(17)18/h8-14H,3-7H2,1-2H3. The molecule has 5 nitrogen and oxygen atoms in total. The van der Waals surface area contributed by atoms with E-state index in [-0.39, 0.29) is 11.7 Å². The van der Waals surface area contributed by atoms with Gasteiger partial charge in [0.15, 0.2) is 0 Å². The van der Waals surface area contributed by atoms with Crippen LogP contribution in [0, 0.1) is 0 Å². The number of nitrogens with zero attached hydrogens (tertiary/aromatic N) is 3. The number of hydrogen-bond acceptors (Lipinski definition) is 4. The third-order valence-corrected chi connectivity index (χ3v) is 5.76. The molecule has 0 radical (unpaired) electrons. The molecule has 6 heteroatoms. The van der Waals surface area contributed by atoms with Crippen LogP contribution < -0.4 is 10.3 Å². The van der Waals surface area contributed by atoms with E-state index in [1.165, 1.54) is 17.7 Å². The molecule has 3 aromatic rings. The summed E-state index contributed by atoms with van der Waals surface area (Å²) in [7, 11) is 1.78. The smallest absolute Gasteiger partial charge is 0.276 e. The fraction of sp³-hybridized carbons (Fsp3) is 0.400. The van der Waals surface area contributed by atoms with Crippen LogP contribution in [0.4, 0.5) is 0 Å². The van der Waals surface area contributed by atoms with Gasteiger partial charge >= 0.3 is 0 Å². The van der Waals surface area contributed by atoms with E-state index < -0.39 is 0 Å². The third kappa shape index (κ3) is 3.14. The predicted molar refractivity (Wildman–Crippen MR) is 105 cm³/mol. The van der Waals surface area contributed by atoms with Crippen LogP contribution >= 0.6 is 11.8 Å². The number of fused-ring (bicyclic) bond motifs is 1. The van der Waals surface area contributed by atoms with E-state index in [9.17, 15) is 4.79 Å². The van der Waals surface area contributed by atoms with Crippen molar-refractivity contribution in [2.24, 2.45) is 7.05 Å². The van der Waals surface area contributed by atoms with Crippen LogP contribution in [0.15, 0.2) is 46.6 Å². The molecule has 0 saturated heterocycles. The number of thioether (sulfide) groups is 1. The number of hydrogen-bond donors (Lipinski definition) is 0. The van der Waals surface area contributed by atoms with Crippen molar-refractivity contribution in [2.75, 3.05) is 5.75 Å². The van der Waals surface area contributed by atoms with Gasteiger partial charge in [-0.15, -0.1) is 11.8 Å². The van der Waals surface area contributed by atoms with Crippen molar-refractivity contribution in [3.05, 3.63) is 47.3 Å². The van der Waals surface area contributed by atoms with Gasteiger partial charge in [-0.1, -0.05) is 6.92 Å². The molecule has 136 valence electrons. The molecule has 0 amide bonds. The van der Waals surface area contributed by atoms with Gasteiger partial charge in [0.1, 0.15) is 11.3 Å². The lowest BCUT2D eigenvalue weighted by atomic mass is 10.1. The zero-order chi connectivity index (χ0) is 18.1. The van der Waals surface area contributed by atoms with Crippen molar-refractivity contribution in [3.8, 4) is 17.0 Å². The highest BCUT2D eigenvalue weighted by molar-refractivity contribution is 7.99.